The van der Waals surface area contributed by atoms with E-state index in [0.717, 1.165) is 24.3 Å². The van der Waals surface area contributed by atoms with Crippen LogP contribution >= 0.6 is 0 Å². The molecule has 0 spiro atoms. The summed E-state index contributed by atoms with van der Waals surface area (Å²) < 4.78 is 19.0. The Balaban J connectivity index is 1.34. The van der Waals surface area contributed by atoms with E-state index in [1.165, 1.54) is 12.1 Å². The van der Waals surface area contributed by atoms with Gasteiger partial charge in [-0.3, -0.25) is 4.79 Å². The Morgan fingerprint density at radius 2 is 1.84 bits per heavy atom. The number of ether oxygens (including phenoxy) is 1. The molecule has 2 aromatic carbocycles. The molecule has 31 heavy (non-hydrogen) atoms. The van der Waals surface area contributed by atoms with E-state index in [-0.39, 0.29) is 17.5 Å². The van der Waals surface area contributed by atoms with Crippen molar-refractivity contribution in [2.24, 2.45) is 0 Å². The van der Waals surface area contributed by atoms with Gasteiger partial charge in [0.1, 0.15) is 17.4 Å². The first kappa shape index (κ1) is 20.6. The van der Waals surface area contributed by atoms with Crippen LogP contribution in [0, 0.1) is 5.82 Å². The highest BCUT2D eigenvalue weighted by molar-refractivity contribution is 5.94. The second-order valence-electron chi connectivity index (χ2n) is 7.31. The number of aromatic nitrogens is 2. The molecule has 0 aliphatic carbocycles. The molecule has 1 aromatic heterocycles. The number of hydrogen-bond acceptors (Lipinski definition) is 6. The molecular weight excluding hydrogens is 397 g/mol. The molecular formula is C23H24FN5O2. The number of hydrogen-bond donors (Lipinski definition) is 2. The first-order chi connectivity index (χ1) is 15.1. The summed E-state index contributed by atoms with van der Waals surface area (Å²) >= 11 is 0. The Bertz CT molecular complexity index is 1040. The second kappa shape index (κ2) is 9.42. The zero-order valence-corrected chi connectivity index (χ0v) is 17.2. The van der Waals surface area contributed by atoms with Crippen molar-refractivity contribution in [2.45, 2.75) is 18.9 Å². The summed E-state index contributed by atoms with van der Waals surface area (Å²) in [5.74, 6) is 1.24. The summed E-state index contributed by atoms with van der Waals surface area (Å²) in [4.78, 5) is 23.4. The molecule has 3 aromatic rings. The lowest BCUT2D eigenvalue weighted by Crippen LogP contribution is -2.45. The summed E-state index contributed by atoms with van der Waals surface area (Å²) in [6.45, 7) is 1.41. The molecule has 1 fully saturated rings. The van der Waals surface area contributed by atoms with Crippen molar-refractivity contribution in [3.8, 4) is 5.75 Å². The number of amides is 1. The molecule has 2 N–H and O–H groups in total. The van der Waals surface area contributed by atoms with Gasteiger partial charge >= 0.3 is 0 Å². The molecule has 1 aliphatic rings. The molecule has 8 heteroatoms. The fourth-order valence-electron chi connectivity index (χ4n) is 3.52. The van der Waals surface area contributed by atoms with E-state index in [1.807, 2.05) is 30.3 Å². The van der Waals surface area contributed by atoms with Crippen LogP contribution in [0.4, 0.5) is 21.8 Å². The monoisotopic (exact) mass is 421 g/mol. The first-order valence-corrected chi connectivity index (χ1v) is 10.2. The standard InChI is InChI=1S/C23H24FN5O2/c1-31-18-8-6-16(7-9-18)26-21-10-13-25-23(28-21)29-14-11-17(12-15-29)27-22(30)19-4-2-3-5-20(19)24/h2-10,13,17H,11-12,14-15H2,1H3,(H,27,30)(H,25,26,28). The maximum Gasteiger partial charge on any atom is 0.254 e. The van der Waals surface area contributed by atoms with E-state index < -0.39 is 5.82 Å². The van der Waals surface area contributed by atoms with Gasteiger partial charge in [0.2, 0.25) is 5.95 Å². The number of nitrogens with zero attached hydrogens (tertiary/aromatic N) is 3. The van der Waals surface area contributed by atoms with E-state index in [2.05, 4.69) is 25.5 Å². The topological polar surface area (TPSA) is 79.4 Å². The smallest absolute Gasteiger partial charge is 0.254 e. The zero-order valence-electron chi connectivity index (χ0n) is 17.2. The number of piperidine rings is 1. The molecule has 1 aliphatic heterocycles. The van der Waals surface area contributed by atoms with E-state index in [1.54, 1.807) is 25.4 Å². The maximum absolute atomic E-state index is 13.8. The molecule has 4 rings (SSSR count). The van der Waals surface area contributed by atoms with Gasteiger partial charge in [0, 0.05) is 31.0 Å². The third kappa shape index (κ3) is 5.09. The molecule has 1 saturated heterocycles. The van der Waals surface area contributed by atoms with Gasteiger partial charge < -0.3 is 20.3 Å². The van der Waals surface area contributed by atoms with Crippen LogP contribution in [0.1, 0.15) is 23.2 Å². The minimum absolute atomic E-state index is 0.0102. The van der Waals surface area contributed by atoms with Gasteiger partial charge in [0.05, 0.1) is 12.7 Å². The fourth-order valence-corrected chi connectivity index (χ4v) is 3.52. The van der Waals surface area contributed by atoms with E-state index in [0.29, 0.717) is 24.9 Å². The summed E-state index contributed by atoms with van der Waals surface area (Å²) in [5, 5.41) is 6.20. The van der Waals surface area contributed by atoms with Gasteiger partial charge in [-0.1, -0.05) is 12.1 Å². The van der Waals surface area contributed by atoms with Crippen LogP contribution in [-0.4, -0.2) is 42.1 Å². The molecule has 7 nitrogen and oxygen atoms in total. The van der Waals surface area contributed by atoms with Crippen molar-refractivity contribution >= 4 is 23.4 Å². The van der Waals surface area contributed by atoms with Crippen LogP contribution < -0.4 is 20.3 Å². The van der Waals surface area contributed by atoms with E-state index in [9.17, 15) is 9.18 Å². The van der Waals surface area contributed by atoms with Crippen molar-refractivity contribution in [1.82, 2.24) is 15.3 Å². The lowest BCUT2D eigenvalue weighted by molar-refractivity contribution is 0.0927. The van der Waals surface area contributed by atoms with Crippen molar-refractivity contribution < 1.29 is 13.9 Å². The predicted octanol–water partition coefficient (Wildman–Crippen LogP) is 3.77. The van der Waals surface area contributed by atoms with Crippen molar-refractivity contribution in [2.75, 3.05) is 30.4 Å². The molecule has 1 amide bonds. The van der Waals surface area contributed by atoms with Gasteiger partial charge in [-0.05, 0) is 55.3 Å². The molecule has 0 saturated carbocycles. The predicted molar refractivity (Wildman–Crippen MR) is 117 cm³/mol. The molecule has 0 bridgehead atoms. The van der Waals surface area contributed by atoms with Gasteiger partial charge in [-0.25, -0.2) is 9.37 Å². The largest absolute Gasteiger partial charge is 0.497 e. The molecule has 0 unspecified atom stereocenters. The Morgan fingerprint density at radius 1 is 1.10 bits per heavy atom. The lowest BCUT2D eigenvalue weighted by Gasteiger charge is -2.32. The summed E-state index contributed by atoms with van der Waals surface area (Å²) in [5.41, 5.74) is 0.977. The number of carbonyl (C=O) groups is 1. The number of anilines is 3. The van der Waals surface area contributed by atoms with Gasteiger partial charge in [0.15, 0.2) is 0 Å². The first-order valence-electron chi connectivity index (χ1n) is 10.2. The van der Waals surface area contributed by atoms with Crippen molar-refractivity contribution in [3.05, 3.63) is 72.2 Å². The SMILES string of the molecule is COc1ccc(Nc2ccnc(N3CCC(NC(=O)c4ccccc4F)CC3)n2)cc1. The Labute approximate surface area is 180 Å². The third-order valence-electron chi connectivity index (χ3n) is 5.24. The average molecular weight is 421 g/mol. The Morgan fingerprint density at radius 3 is 2.55 bits per heavy atom. The molecule has 160 valence electrons. The third-order valence-corrected chi connectivity index (χ3v) is 5.24. The number of methoxy groups -OCH3 is 1. The summed E-state index contributed by atoms with van der Waals surface area (Å²) in [6, 6.07) is 15.4. The van der Waals surface area contributed by atoms with Crippen molar-refractivity contribution in [3.63, 3.8) is 0 Å². The quantitative estimate of drug-likeness (QED) is 0.631. The molecule has 0 atom stereocenters. The van der Waals surface area contributed by atoms with Crippen LogP contribution in [0.5, 0.6) is 5.75 Å². The molecule has 0 radical (unpaired) electrons. The summed E-state index contributed by atoms with van der Waals surface area (Å²) in [7, 11) is 1.63. The van der Waals surface area contributed by atoms with Gasteiger partial charge in [-0.2, -0.15) is 4.98 Å². The highest BCUT2D eigenvalue weighted by Crippen LogP contribution is 2.21. The Hall–Kier alpha value is -3.68. The van der Waals surface area contributed by atoms with Crippen LogP contribution in [0.15, 0.2) is 60.8 Å². The van der Waals surface area contributed by atoms with Crippen molar-refractivity contribution in [1.29, 1.82) is 0 Å². The summed E-state index contributed by atoms with van der Waals surface area (Å²) in [6.07, 6.45) is 3.19. The normalized spacial score (nSPS) is 14.2. The van der Waals surface area contributed by atoms with Gasteiger partial charge in [0.25, 0.3) is 5.91 Å². The fraction of sp³-hybridized carbons (Fsp3) is 0.261. The van der Waals surface area contributed by atoms with E-state index in [4.69, 9.17) is 4.74 Å². The number of rotatable bonds is 6. The lowest BCUT2D eigenvalue weighted by atomic mass is 10.0. The number of nitrogens with one attached hydrogen (secondary N) is 2. The minimum Gasteiger partial charge on any atom is -0.497 e. The Kier molecular flexibility index (Phi) is 6.26. The number of carbonyl (C=O) groups excluding carboxylic acids is 1. The van der Waals surface area contributed by atoms with Gasteiger partial charge in [-0.15, -0.1) is 0 Å². The maximum atomic E-state index is 13.8. The second-order valence-corrected chi connectivity index (χ2v) is 7.31. The number of benzene rings is 2. The van der Waals surface area contributed by atoms with Crippen LogP contribution in [0.3, 0.4) is 0 Å². The van der Waals surface area contributed by atoms with Crippen LogP contribution in [0.25, 0.3) is 0 Å². The zero-order chi connectivity index (χ0) is 21.6. The average Bonchev–Trinajstić information content (AvgIpc) is 2.80. The van der Waals surface area contributed by atoms with Crippen LogP contribution in [0.2, 0.25) is 0 Å². The highest BCUT2D eigenvalue weighted by atomic mass is 19.1. The highest BCUT2D eigenvalue weighted by Gasteiger charge is 2.23. The van der Waals surface area contributed by atoms with E-state index >= 15 is 0 Å². The molecule has 2 heterocycles. The number of halogens is 1. The van der Waals surface area contributed by atoms with Crippen LogP contribution in [-0.2, 0) is 0 Å². The minimum atomic E-state index is -0.507.